The van der Waals surface area contributed by atoms with E-state index in [2.05, 4.69) is 9.46 Å². The van der Waals surface area contributed by atoms with Crippen LogP contribution in [0.5, 0.6) is 0 Å². The van der Waals surface area contributed by atoms with Gasteiger partial charge in [0.05, 0.1) is 6.61 Å². The van der Waals surface area contributed by atoms with E-state index in [1.165, 1.54) is 0 Å². The highest BCUT2D eigenvalue weighted by molar-refractivity contribution is 7.90. The first-order chi connectivity index (χ1) is 9.34. The van der Waals surface area contributed by atoms with Crippen LogP contribution in [0.4, 0.5) is 0 Å². The highest BCUT2D eigenvalue weighted by Crippen LogP contribution is 2.05. The average molecular weight is 316 g/mol. The van der Waals surface area contributed by atoms with Crippen molar-refractivity contribution in [3.8, 4) is 0 Å². The number of carbonyl (C=O) groups excluding carboxylic acids is 1. The lowest BCUT2D eigenvalue weighted by Crippen LogP contribution is -2.30. The van der Waals surface area contributed by atoms with Crippen molar-refractivity contribution in [1.82, 2.24) is 4.72 Å². The summed E-state index contributed by atoms with van der Waals surface area (Å²) in [6, 6.07) is 6.88. The van der Waals surface area contributed by atoms with Crippen LogP contribution in [0.3, 0.4) is 0 Å². The number of rotatable bonds is 7. The number of hydrogen-bond donors (Lipinski definition) is 2. The van der Waals surface area contributed by atoms with Crippen LogP contribution in [0.2, 0.25) is 0 Å². The first-order valence-corrected chi connectivity index (χ1v) is 7.92. The Morgan fingerprint density at radius 2 is 2.15 bits per heavy atom. The van der Waals surface area contributed by atoms with Crippen molar-refractivity contribution in [1.29, 1.82) is 0 Å². The molecule has 110 valence electrons. The number of hydrogen-bond acceptors (Lipinski definition) is 5. The van der Waals surface area contributed by atoms with Gasteiger partial charge in [0.25, 0.3) is 0 Å². The van der Waals surface area contributed by atoms with Crippen molar-refractivity contribution in [2.24, 2.45) is 5.73 Å². The van der Waals surface area contributed by atoms with Gasteiger partial charge in [-0.3, -0.25) is 4.79 Å². The quantitative estimate of drug-likeness (QED) is 0.555. The SMILES string of the molecule is CCOC(=O)CS(=O)(=O)NCc1cccc(C(N)=S)c1. The number of sulfonamides is 1. The van der Waals surface area contributed by atoms with Gasteiger partial charge in [0, 0.05) is 12.1 Å². The largest absolute Gasteiger partial charge is 0.465 e. The Morgan fingerprint density at radius 1 is 1.45 bits per heavy atom. The Labute approximate surface area is 123 Å². The summed E-state index contributed by atoms with van der Waals surface area (Å²) >= 11 is 4.84. The lowest BCUT2D eigenvalue weighted by Gasteiger charge is -2.07. The number of carbonyl (C=O) groups is 1. The van der Waals surface area contributed by atoms with Gasteiger partial charge in [-0.25, -0.2) is 13.1 Å². The van der Waals surface area contributed by atoms with E-state index in [9.17, 15) is 13.2 Å². The molecular formula is C12H16N2O4S2. The lowest BCUT2D eigenvalue weighted by molar-refractivity contribution is -0.139. The molecule has 0 atom stereocenters. The second-order valence-electron chi connectivity index (χ2n) is 3.95. The summed E-state index contributed by atoms with van der Waals surface area (Å²) in [5.41, 5.74) is 6.85. The van der Waals surface area contributed by atoms with Crippen molar-refractivity contribution < 1.29 is 17.9 Å². The molecule has 3 N–H and O–H groups in total. The smallest absolute Gasteiger partial charge is 0.322 e. The molecule has 0 saturated carbocycles. The minimum atomic E-state index is -3.72. The van der Waals surface area contributed by atoms with Crippen LogP contribution in [0.1, 0.15) is 18.1 Å². The molecule has 0 aromatic heterocycles. The number of nitrogens with one attached hydrogen (secondary N) is 1. The summed E-state index contributed by atoms with van der Waals surface area (Å²) in [7, 11) is -3.72. The molecule has 0 saturated heterocycles. The molecule has 0 aliphatic heterocycles. The van der Waals surface area contributed by atoms with E-state index in [-0.39, 0.29) is 18.1 Å². The van der Waals surface area contributed by atoms with Gasteiger partial charge >= 0.3 is 5.97 Å². The number of benzene rings is 1. The zero-order chi connectivity index (χ0) is 15.2. The molecule has 1 aromatic rings. The third kappa shape index (κ3) is 5.64. The van der Waals surface area contributed by atoms with Gasteiger partial charge in [0.1, 0.15) is 4.99 Å². The van der Waals surface area contributed by atoms with E-state index in [4.69, 9.17) is 18.0 Å². The Kier molecular flexibility index (Phi) is 6.05. The summed E-state index contributed by atoms with van der Waals surface area (Å²) in [6.07, 6.45) is 0. The number of esters is 1. The predicted molar refractivity (Wildman–Crippen MR) is 79.6 cm³/mol. The summed E-state index contributed by atoms with van der Waals surface area (Å²) in [6.45, 7) is 1.81. The molecule has 0 radical (unpaired) electrons. The highest BCUT2D eigenvalue weighted by atomic mass is 32.2. The Morgan fingerprint density at radius 3 is 2.75 bits per heavy atom. The zero-order valence-corrected chi connectivity index (χ0v) is 12.6. The fourth-order valence-electron chi connectivity index (χ4n) is 1.44. The number of ether oxygens (including phenoxy) is 1. The van der Waals surface area contributed by atoms with E-state index >= 15 is 0 Å². The second-order valence-corrected chi connectivity index (χ2v) is 6.20. The van der Waals surface area contributed by atoms with Crippen LogP contribution in [0, 0.1) is 0 Å². The van der Waals surface area contributed by atoms with Crippen LogP contribution in [-0.2, 0) is 26.1 Å². The van der Waals surface area contributed by atoms with E-state index in [0.29, 0.717) is 11.1 Å². The first kappa shape index (κ1) is 16.5. The number of nitrogens with two attached hydrogens (primary N) is 1. The van der Waals surface area contributed by atoms with Crippen LogP contribution in [0.25, 0.3) is 0 Å². The molecule has 0 aliphatic carbocycles. The zero-order valence-electron chi connectivity index (χ0n) is 11.0. The van der Waals surface area contributed by atoms with E-state index in [1.807, 2.05) is 0 Å². The molecule has 0 spiro atoms. The maximum Gasteiger partial charge on any atom is 0.322 e. The van der Waals surface area contributed by atoms with E-state index < -0.39 is 21.7 Å². The highest BCUT2D eigenvalue weighted by Gasteiger charge is 2.16. The maximum absolute atomic E-state index is 11.6. The molecule has 0 heterocycles. The van der Waals surface area contributed by atoms with Gasteiger partial charge in [-0.05, 0) is 18.6 Å². The molecule has 8 heteroatoms. The van der Waals surface area contributed by atoms with Gasteiger partial charge in [0.2, 0.25) is 10.0 Å². The first-order valence-electron chi connectivity index (χ1n) is 5.85. The average Bonchev–Trinajstić information content (AvgIpc) is 2.36. The van der Waals surface area contributed by atoms with Gasteiger partial charge in [-0.1, -0.05) is 30.4 Å². The lowest BCUT2D eigenvalue weighted by atomic mass is 10.1. The van der Waals surface area contributed by atoms with Crippen LogP contribution >= 0.6 is 12.2 Å². The van der Waals surface area contributed by atoms with Gasteiger partial charge in [0.15, 0.2) is 5.75 Å². The topological polar surface area (TPSA) is 98.5 Å². The van der Waals surface area contributed by atoms with Crippen LogP contribution < -0.4 is 10.5 Å². The minimum absolute atomic E-state index is 0.0538. The van der Waals surface area contributed by atoms with Crippen molar-refractivity contribution in [2.75, 3.05) is 12.4 Å². The fourth-order valence-corrected chi connectivity index (χ4v) is 2.45. The molecule has 1 rings (SSSR count). The predicted octanol–water partition coefficient (Wildman–Crippen LogP) is 0.303. The molecule has 0 bridgehead atoms. The van der Waals surface area contributed by atoms with Gasteiger partial charge in [-0.2, -0.15) is 0 Å². The molecule has 1 aromatic carbocycles. The maximum atomic E-state index is 11.6. The van der Waals surface area contributed by atoms with Crippen LogP contribution in [0.15, 0.2) is 24.3 Å². The van der Waals surface area contributed by atoms with Crippen molar-refractivity contribution in [3.63, 3.8) is 0 Å². The third-order valence-corrected chi connectivity index (χ3v) is 3.76. The summed E-state index contributed by atoms with van der Waals surface area (Å²) < 4.78 is 30.2. The Balaban J connectivity index is 2.64. The molecule has 6 nitrogen and oxygen atoms in total. The van der Waals surface area contributed by atoms with Crippen molar-refractivity contribution >= 4 is 33.2 Å². The minimum Gasteiger partial charge on any atom is -0.465 e. The standard InChI is InChI=1S/C12H16N2O4S2/c1-2-18-11(15)8-20(16,17)14-7-9-4-3-5-10(6-9)12(13)19/h3-6,14H,2,7-8H2,1H3,(H2,13,19). The van der Waals surface area contributed by atoms with Gasteiger partial charge in [-0.15, -0.1) is 0 Å². The molecular weight excluding hydrogens is 300 g/mol. The third-order valence-electron chi connectivity index (χ3n) is 2.32. The van der Waals surface area contributed by atoms with Crippen LogP contribution in [-0.4, -0.2) is 31.7 Å². The Bertz CT molecular complexity index is 599. The van der Waals surface area contributed by atoms with Gasteiger partial charge < -0.3 is 10.5 Å². The molecule has 0 amide bonds. The second kappa shape index (κ2) is 7.32. The monoisotopic (exact) mass is 316 g/mol. The fraction of sp³-hybridized carbons (Fsp3) is 0.333. The molecule has 0 unspecified atom stereocenters. The summed E-state index contributed by atoms with van der Waals surface area (Å²) in [4.78, 5) is 11.4. The van der Waals surface area contributed by atoms with Crippen molar-refractivity contribution in [2.45, 2.75) is 13.5 Å². The molecule has 0 fully saturated rings. The summed E-state index contributed by atoms with van der Waals surface area (Å²) in [5, 5.41) is 0. The molecule has 20 heavy (non-hydrogen) atoms. The van der Waals surface area contributed by atoms with Crippen molar-refractivity contribution in [3.05, 3.63) is 35.4 Å². The Hall–Kier alpha value is -1.51. The number of thiocarbonyl (C=S) groups is 1. The van der Waals surface area contributed by atoms with E-state index in [1.54, 1.807) is 31.2 Å². The normalized spacial score (nSPS) is 11.1. The van der Waals surface area contributed by atoms with E-state index in [0.717, 1.165) is 0 Å². The molecule has 0 aliphatic rings. The summed E-state index contributed by atoms with van der Waals surface area (Å²) in [5.74, 6) is -1.48.